The van der Waals surface area contributed by atoms with E-state index in [1.807, 2.05) is 65.7 Å². The number of rotatable bonds is 4. The second kappa shape index (κ2) is 8.70. The molecule has 1 N–H and O–H groups in total. The number of para-hydroxylation sites is 1. The molecule has 1 amide bonds. The summed E-state index contributed by atoms with van der Waals surface area (Å²) in [6.45, 7) is 0. The topological polar surface area (TPSA) is 79.6 Å². The number of ketones is 2. The summed E-state index contributed by atoms with van der Waals surface area (Å²) in [5.74, 6) is -2.22. The second-order valence-corrected chi connectivity index (χ2v) is 10.8. The Morgan fingerprint density at radius 2 is 1.72 bits per heavy atom. The Hall–Kier alpha value is -4.13. The van der Waals surface area contributed by atoms with Crippen molar-refractivity contribution >= 4 is 52.4 Å². The zero-order valence-electron chi connectivity index (χ0n) is 20.3. The lowest BCUT2D eigenvalue weighted by molar-refractivity contribution is -0.122. The molecule has 1 fully saturated rings. The van der Waals surface area contributed by atoms with E-state index >= 15 is 0 Å². The number of fused-ring (bicyclic) bond motifs is 6. The van der Waals surface area contributed by atoms with Crippen molar-refractivity contribution in [1.29, 1.82) is 0 Å². The van der Waals surface area contributed by atoms with Crippen LogP contribution < -0.4 is 5.32 Å². The van der Waals surface area contributed by atoms with Crippen LogP contribution in [0.3, 0.4) is 0 Å². The standard InChI is InChI=1S/C31H20Cl2N2O4/c32-18-11-12-20(22(33)16-18)27(36)26-25(28(37)24-10-5-15-39-24)31(21-8-3-4-9-23(21)34-30(31)38)29-19-7-2-1-6-17(19)13-14-35(26)29/h1-16,25-26,29H,(H,34,38)/t25-,26+,29+,31-/m1/s1. The van der Waals surface area contributed by atoms with Gasteiger partial charge in [-0.05, 0) is 59.2 Å². The summed E-state index contributed by atoms with van der Waals surface area (Å²) >= 11 is 12.7. The molecular formula is C31H20Cl2N2O4. The molecule has 39 heavy (non-hydrogen) atoms. The summed E-state index contributed by atoms with van der Waals surface area (Å²) in [7, 11) is 0. The summed E-state index contributed by atoms with van der Waals surface area (Å²) in [6, 6.07) is 21.2. The van der Waals surface area contributed by atoms with E-state index in [4.69, 9.17) is 27.6 Å². The van der Waals surface area contributed by atoms with Crippen molar-refractivity contribution in [3.8, 4) is 0 Å². The van der Waals surface area contributed by atoms with Gasteiger partial charge in [0, 0.05) is 22.5 Å². The molecule has 0 unspecified atom stereocenters. The quantitative estimate of drug-likeness (QED) is 0.288. The number of furan rings is 1. The SMILES string of the molecule is O=C(c1ccc(Cl)cc1Cl)[C@@H]1[C@H](C(=O)c2ccco2)[C@@]2(C(=O)Nc3ccccc32)[C@@H]2c3ccccc3C=CN12. The van der Waals surface area contributed by atoms with Gasteiger partial charge in [-0.3, -0.25) is 14.4 Å². The van der Waals surface area contributed by atoms with Crippen molar-refractivity contribution in [3.63, 3.8) is 0 Å². The first kappa shape index (κ1) is 23.9. The lowest BCUT2D eigenvalue weighted by Gasteiger charge is -2.38. The number of hydrogen-bond donors (Lipinski definition) is 1. The van der Waals surface area contributed by atoms with Crippen LogP contribution in [0, 0.1) is 5.92 Å². The van der Waals surface area contributed by atoms with Crippen LogP contribution in [0.2, 0.25) is 10.0 Å². The molecule has 0 aliphatic carbocycles. The fourth-order valence-corrected chi connectivity index (χ4v) is 7.09. The third kappa shape index (κ3) is 3.25. The lowest BCUT2D eigenvalue weighted by Crippen LogP contribution is -2.49. The van der Waals surface area contributed by atoms with Crippen molar-refractivity contribution in [3.05, 3.63) is 129 Å². The molecule has 3 aromatic carbocycles. The van der Waals surface area contributed by atoms with Crippen LogP contribution in [0.5, 0.6) is 0 Å². The number of benzene rings is 3. The Labute approximate surface area is 233 Å². The third-order valence-electron chi connectivity index (χ3n) is 8.08. The first-order chi connectivity index (χ1) is 18.9. The molecule has 4 heterocycles. The predicted octanol–water partition coefficient (Wildman–Crippen LogP) is 6.57. The Morgan fingerprint density at radius 1 is 0.923 bits per heavy atom. The van der Waals surface area contributed by atoms with Crippen molar-refractivity contribution in [1.82, 2.24) is 4.90 Å². The highest BCUT2D eigenvalue weighted by molar-refractivity contribution is 6.37. The van der Waals surface area contributed by atoms with Crippen LogP contribution in [0.1, 0.15) is 43.6 Å². The molecule has 192 valence electrons. The normalized spacial score (nSPS) is 24.3. The van der Waals surface area contributed by atoms with Crippen LogP contribution in [-0.2, 0) is 10.2 Å². The number of carbonyl (C=O) groups excluding carboxylic acids is 3. The zero-order chi connectivity index (χ0) is 26.9. The fraction of sp³-hybridized carbons (Fsp3) is 0.129. The second-order valence-electron chi connectivity index (χ2n) is 9.92. The van der Waals surface area contributed by atoms with Gasteiger partial charge in [-0.15, -0.1) is 0 Å². The van der Waals surface area contributed by atoms with Gasteiger partial charge in [-0.2, -0.15) is 0 Å². The molecule has 6 nitrogen and oxygen atoms in total. The summed E-state index contributed by atoms with van der Waals surface area (Å²) in [5.41, 5.74) is 1.83. The van der Waals surface area contributed by atoms with E-state index in [0.717, 1.165) is 11.1 Å². The maximum atomic E-state index is 14.5. The van der Waals surface area contributed by atoms with Gasteiger partial charge in [0.05, 0.1) is 23.2 Å². The van der Waals surface area contributed by atoms with Gasteiger partial charge in [0.15, 0.2) is 11.5 Å². The Kier molecular flexibility index (Phi) is 5.34. The molecule has 0 radical (unpaired) electrons. The van der Waals surface area contributed by atoms with Crippen LogP contribution in [-0.4, -0.2) is 28.4 Å². The molecule has 8 heteroatoms. The Morgan fingerprint density at radius 3 is 2.51 bits per heavy atom. The number of hydrogen-bond acceptors (Lipinski definition) is 5. The Balaban J connectivity index is 1.55. The first-order valence-electron chi connectivity index (χ1n) is 12.5. The smallest absolute Gasteiger partial charge is 0.238 e. The number of anilines is 1. The van der Waals surface area contributed by atoms with Gasteiger partial charge >= 0.3 is 0 Å². The van der Waals surface area contributed by atoms with E-state index in [1.165, 1.54) is 12.3 Å². The van der Waals surface area contributed by atoms with Gasteiger partial charge in [0.25, 0.3) is 0 Å². The van der Waals surface area contributed by atoms with E-state index in [2.05, 4.69) is 5.32 Å². The maximum Gasteiger partial charge on any atom is 0.238 e. The minimum atomic E-state index is -1.43. The minimum Gasteiger partial charge on any atom is -0.461 e. The highest BCUT2D eigenvalue weighted by Crippen LogP contribution is 2.62. The van der Waals surface area contributed by atoms with Crippen molar-refractivity contribution < 1.29 is 18.8 Å². The highest BCUT2D eigenvalue weighted by atomic mass is 35.5. The average molecular weight is 555 g/mol. The van der Waals surface area contributed by atoms with Crippen molar-refractivity contribution in [2.45, 2.75) is 17.5 Å². The van der Waals surface area contributed by atoms with Crippen molar-refractivity contribution in [2.24, 2.45) is 5.92 Å². The fourth-order valence-electron chi connectivity index (χ4n) is 6.59. The number of Topliss-reactive ketones (excluding diaryl/α,β-unsaturated/α-hetero) is 2. The molecule has 0 saturated carbocycles. The lowest BCUT2D eigenvalue weighted by atomic mass is 9.63. The van der Waals surface area contributed by atoms with Crippen LogP contribution in [0.15, 0.2) is 95.7 Å². The average Bonchev–Trinajstić information content (AvgIpc) is 3.65. The predicted molar refractivity (Wildman–Crippen MR) is 148 cm³/mol. The van der Waals surface area contributed by atoms with Gasteiger partial charge in [-0.1, -0.05) is 65.7 Å². The van der Waals surface area contributed by atoms with Gasteiger partial charge in [-0.25, -0.2) is 0 Å². The summed E-state index contributed by atoms with van der Waals surface area (Å²) in [4.78, 5) is 45.1. The maximum absolute atomic E-state index is 14.5. The molecule has 0 bridgehead atoms. The van der Waals surface area contributed by atoms with Crippen molar-refractivity contribution in [2.75, 3.05) is 5.32 Å². The van der Waals surface area contributed by atoms with Crippen LogP contribution in [0.25, 0.3) is 6.08 Å². The molecule has 3 aliphatic heterocycles. The van der Waals surface area contributed by atoms with Crippen LogP contribution >= 0.6 is 23.2 Å². The van der Waals surface area contributed by atoms with Gasteiger partial charge in [0.1, 0.15) is 11.5 Å². The monoisotopic (exact) mass is 554 g/mol. The van der Waals surface area contributed by atoms with E-state index in [1.54, 1.807) is 24.3 Å². The molecule has 4 aromatic rings. The van der Waals surface area contributed by atoms with E-state index < -0.39 is 29.2 Å². The highest BCUT2D eigenvalue weighted by Gasteiger charge is 2.71. The van der Waals surface area contributed by atoms with Gasteiger partial charge in [0.2, 0.25) is 11.7 Å². The number of nitrogens with zero attached hydrogens (tertiary/aromatic N) is 1. The van der Waals surface area contributed by atoms with E-state index in [-0.39, 0.29) is 28.0 Å². The number of amides is 1. The Bertz CT molecular complexity index is 1710. The molecule has 4 atom stereocenters. The molecule has 7 rings (SSSR count). The summed E-state index contributed by atoms with van der Waals surface area (Å²) in [6.07, 6.45) is 5.12. The molecular weight excluding hydrogens is 535 g/mol. The third-order valence-corrected chi connectivity index (χ3v) is 8.63. The largest absolute Gasteiger partial charge is 0.461 e. The van der Waals surface area contributed by atoms with Gasteiger partial charge < -0.3 is 14.6 Å². The number of carbonyl (C=O) groups is 3. The first-order valence-corrected chi connectivity index (χ1v) is 13.2. The molecule has 1 spiro atoms. The molecule has 3 aliphatic rings. The zero-order valence-corrected chi connectivity index (χ0v) is 21.8. The minimum absolute atomic E-state index is 0.0775. The molecule has 1 saturated heterocycles. The summed E-state index contributed by atoms with van der Waals surface area (Å²) in [5, 5.41) is 3.57. The van der Waals surface area contributed by atoms with E-state index in [9.17, 15) is 14.4 Å². The number of nitrogens with one attached hydrogen (secondary N) is 1. The summed E-state index contributed by atoms with van der Waals surface area (Å²) < 4.78 is 5.56. The van der Waals surface area contributed by atoms with Crippen LogP contribution in [0.4, 0.5) is 5.69 Å². The molecule has 1 aromatic heterocycles. The number of halogens is 2. The van der Waals surface area contributed by atoms with E-state index in [0.29, 0.717) is 16.3 Å².